The minimum atomic E-state index is -0.412. The number of carbonyl (C=O) groups excluding carboxylic acids is 1. The van der Waals surface area contributed by atoms with Crippen LogP contribution in [0.4, 0.5) is 5.95 Å². The van der Waals surface area contributed by atoms with Crippen LogP contribution in [-0.2, 0) is 9.53 Å². The number of imidazole rings is 1. The van der Waals surface area contributed by atoms with Crippen molar-refractivity contribution in [3.8, 4) is 11.5 Å². The number of nitrogens with one attached hydrogen (secondary N) is 1. The molecule has 33 heavy (non-hydrogen) atoms. The number of nitrogens with zero attached hydrogens (tertiary/aromatic N) is 2. The molecule has 1 aliphatic heterocycles. The Balaban J connectivity index is 1.64. The molecule has 1 aromatic heterocycles. The van der Waals surface area contributed by atoms with Crippen molar-refractivity contribution < 1.29 is 19.0 Å². The number of hydrogen-bond acceptors (Lipinski definition) is 6. The third kappa shape index (κ3) is 3.81. The summed E-state index contributed by atoms with van der Waals surface area (Å²) in [5.74, 6) is 1.66. The van der Waals surface area contributed by atoms with Crippen molar-refractivity contribution in [1.82, 2.24) is 9.55 Å². The zero-order valence-corrected chi connectivity index (χ0v) is 19.3. The topological polar surface area (TPSA) is 74.6 Å². The van der Waals surface area contributed by atoms with E-state index in [1.54, 1.807) is 14.2 Å². The highest BCUT2D eigenvalue weighted by Crippen LogP contribution is 2.42. The zero-order chi connectivity index (χ0) is 22.9. The van der Waals surface area contributed by atoms with Crippen molar-refractivity contribution in [2.45, 2.75) is 51.2 Å². The molecule has 5 rings (SSSR count). The predicted molar refractivity (Wildman–Crippen MR) is 127 cm³/mol. The first-order valence-electron chi connectivity index (χ1n) is 11.5. The molecule has 0 radical (unpaired) electrons. The number of allylic oxidation sites excluding steroid dienone is 1. The molecule has 1 saturated carbocycles. The second kappa shape index (κ2) is 8.81. The Hall–Kier alpha value is -3.48. The van der Waals surface area contributed by atoms with E-state index in [4.69, 9.17) is 19.2 Å². The van der Waals surface area contributed by atoms with Gasteiger partial charge in [0, 0.05) is 5.70 Å². The van der Waals surface area contributed by atoms with Crippen LogP contribution in [0, 0.1) is 0 Å². The summed E-state index contributed by atoms with van der Waals surface area (Å²) in [6, 6.07) is 13.3. The van der Waals surface area contributed by atoms with Crippen LogP contribution in [0.5, 0.6) is 11.5 Å². The van der Waals surface area contributed by atoms with E-state index < -0.39 is 6.04 Å². The highest BCUT2D eigenvalue weighted by Gasteiger charge is 2.36. The van der Waals surface area contributed by atoms with Gasteiger partial charge in [0.25, 0.3) is 0 Å². The fourth-order valence-corrected chi connectivity index (χ4v) is 4.96. The van der Waals surface area contributed by atoms with E-state index in [1.165, 1.54) is 6.42 Å². The van der Waals surface area contributed by atoms with Crippen molar-refractivity contribution in [3.05, 3.63) is 59.3 Å². The maximum absolute atomic E-state index is 13.6. The van der Waals surface area contributed by atoms with Crippen LogP contribution in [0.25, 0.3) is 11.0 Å². The van der Waals surface area contributed by atoms with Gasteiger partial charge in [0.2, 0.25) is 5.95 Å². The van der Waals surface area contributed by atoms with E-state index in [2.05, 4.69) is 9.88 Å². The van der Waals surface area contributed by atoms with Crippen molar-refractivity contribution in [2.75, 3.05) is 19.5 Å². The molecule has 2 heterocycles. The van der Waals surface area contributed by atoms with Gasteiger partial charge in [-0.25, -0.2) is 9.78 Å². The maximum atomic E-state index is 13.6. The molecule has 0 amide bonds. The lowest BCUT2D eigenvalue weighted by Gasteiger charge is -2.32. The molecule has 1 N–H and O–H groups in total. The molecule has 1 aliphatic carbocycles. The average Bonchev–Trinajstić information content (AvgIpc) is 3.21. The molecule has 1 fully saturated rings. The van der Waals surface area contributed by atoms with E-state index in [1.807, 2.05) is 49.4 Å². The highest BCUT2D eigenvalue weighted by atomic mass is 16.5. The minimum absolute atomic E-state index is 0.0291. The Bertz CT molecular complexity index is 1220. The summed E-state index contributed by atoms with van der Waals surface area (Å²) < 4.78 is 19.1. The monoisotopic (exact) mass is 447 g/mol. The number of hydrogen-bond donors (Lipinski definition) is 1. The molecule has 2 aromatic carbocycles. The largest absolute Gasteiger partial charge is 0.493 e. The maximum Gasteiger partial charge on any atom is 0.338 e. The van der Waals surface area contributed by atoms with E-state index in [9.17, 15) is 4.79 Å². The van der Waals surface area contributed by atoms with Gasteiger partial charge < -0.3 is 19.5 Å². The molecule has 172 valence electrons. The highest BCUT2D eigenvalue weighted by molar-refractivity contribution is 5.94. The molecule has 2 aliphatic rings. The number of ether oxygens (including phenoxy) is 3. The van der Waals surface area contributed by atoms with Gasteiger partial charge in [0.05, 0.1) is 36.9 Å². The van der Waals surface area contributed by atoms with Gasteiger partial charge in [-0.1, -0.05) is 24.6 Å². The van der Waals surface area contributed by atoms with Crippen LogP contribution < -0.4 is 14.8 Å². The molecule has 1 atom stereocenters. The van der Waals surface area contributed by atoms with Crippen LogP contribution in [0.1, 0.15) is 50.6 Å². The van der Waals surface area contributed by atoms with Gasteiger partial charge >= 0.3 is 5.97 Å². The van der Waals surface area contributed by atoms with E-state index in [0.29, 0.717) is 23.0 Å². The molecule has 0 unspecified atom stereocenters. The standard InChI is InChI=1S/C26H29N3O4/c1-16-23(25(30)33-18-9-5-4-6-10-18)24(17-13-14-21(31-2)22(15-17)32-3)29-20-12-8-7-11-19(20)28-26(29)27-16/h7-8,11-15,18,24H,4-6,9-10H2,1-3H3,(H,27,28)/t24-/m0/s1. The van der Waals surface area contributed by atoms with Crippen molar-refractivity contribution in [3.63, 3.8) is 0 Å². The van der Waals surface area contributed by atoms with Crippen molar-refractivity contribution in [1.29, 1.82) is 0 Å². The Kier molecular flexibility index (Phi) is 5.70. The molecule has 7 heteroatoms. The quantitative estimate of drug-likeness (QED) is 0.541. The number of benzene rings is 2. The number of anilines is 1. The minimum Gasteiger partial charge on any atom is -0.493 e. The third-order valence-corrected chi connectivity index (χ3v) is 6.60. The van der Waals surface area contributed by atoms with Gasteiger partial charge in [0.1, 0.15) is 6.10 Å². The zero-order valence-electron chi connectivity index (χ0n) is 19.3. The van der Waals surface area contributed by atoms with Crippen LogP contribution in [0.15, 0.2) is 53.7 Å². The van der Waals surface area contributed by atoms with E-state index >= 15 is 0 Å². The van der Waals surface area contributed by atoms with Crippen LogP contribution in [0.3, 0.4) is 0 Å². The molecular formula is C26H29N3O4. The Morgan fingerprint density at radius 3 is 2.55 bits per heavy atom. The lowest BCUT2D eigenvalue weighted by Crippen LogP contribution is -2.31. The molecule has 0 saturated heterocycles. The lowest BCUT2D eigenvalue weighted by atomic mass is 9.94. The second-order valence-corrected chi connectivity index (χ2v) is 8.64. The van der Waals surface area contributed by atoms with Gasteiger partial charge in [-0.2, -0.15) is 0 Å². The number of esters is 1. The molecule has 3 aromatic rings. The number of para-hydroxylation sites is 2. The van der Waals surface area contributed by atoms with Gasteiger partial charge in [-0.3, -0.25) is 4.57 Å². The second-order valence-electron chi connectivity index (χ2n) is 8.64. The number of rotatable bonds is 5. The number of fused-ring (bicyclic) bond motifs is 3. The van der Waals surface area contributed by atoms with Crippen molar-refractivity contribution in [2.24, 2.45) is 0 Å². The first-order valence-corrected chi connectivity index (χ1v) is 11.5. The summed E-state index contributed by atoms with van der Waals surface area (Å²) in [5, 5.41) is 3.34. The SMILES string of the molecule is COc1ccc([C@H]2C(C(=O)OC3CCCCC3)=C(C)Nc3nc4ccccc4n32)cc1OC. The summed E-state index contributed by atoms with van der Waals surface area (Å²) in [6.07, 6.45) is 5.22. The summed E-state index contributed by atoms with van der Waals surface area (Å²) >= 11 is 0. The first-order chi connectivity index (χ1) is 16.1. The van der Waals surface area contributed by atoms with Gasteiger partial charge in [-0.15, -0.1) is 0 Å². The predicted octanol–water partition coefficient (Wildman–Crippen LogP) is 5.22. The normalized spacial score (nSPS) is 18.6. The molecule has 7 nitrogen and oxygen atoms in total. The van der Waals surface area contributed by atoms with Crippen LogP contribution >= 0.6 is 0 Å². The summed E-state index contributed by atoms with van der Waals surface area (Å²) in [7, 11) is 3.22. The molecule has 0 spiro atoms. The summed E-state index contributed by atoms with van der Waals surface area (Å²) in [4.78, 5) is 18.4. The third-order valence-electron chi connectivity index (χ3n) is 6.60. The number of aromatic nitrogens is 2. The Morgan fingerprint density at radius 2 is 1.79 bits per heavy atom. The first kappa shape index (κ1) is 21.4. The molecule has 0 bridgehead atoms. The van der Waals surface area contributed by atoms with E-state index in [-0.39, 0.29) is 12.1 Å². The summed E-state index contributed by atoms with van der Waals surface area (Å²) in [5.41, 5.74) is 4.03. The fraction of sp³-hybridized carbons (Fsp3) is 0.385. The lowest BCUT2D eigenvalue weighted by molar-refractivity contribution is -0.146. The smallest absolute Gasteiger partial charge is 0.338 e. The Labute approximate surface area is 193 Å². The van der Waals surface area contributed by atoms with Gasteiger partial charge in [0.15, 0.2) is 11.5 Å². The summed E-state index contributed by atoms with van der Waals surface area (Å²) in [6.45, 7) is 1.91. The van der Waals surface area contributed by atoms with Gasteiger partial charge in [-0.05, 0) is 62.4 Å². The molecular weight excluding hydrogens is 418 g/mol. The number of carbonyl (C=O) groups is 1. The van der Waals surface area contributed by atoms with Crippen molar-refractivity contribution >= 4 is 23.0 Å². The fourth-order valence-electron chi connectivity index (χ4n) is 4.96. The van der Waals surface area contributed by atoms with Crippen LogP contribution in [0.2, 0.25) is 0 Å². The number of methoxy groups -OCH3 is 2. The Morgan fingerprint density at radius 1 is 1.03 bits per heavy atom. The van der Waals surface area contributed by atoms with Crippen LogP contribution in [-0.4, -0.2) is 35.8 Å². The average molecular weight is 448 g/mol. The van der Waals surface area contributed by atoms with E-state index in [0.717, 1.165) is 48.0 Å².